The number of benzene rings is 1. The van der Waals surface area contributed by atoms with Crippen molar-refractivity contribution in [1.82, 2.24) is 14.8 Å². The van der Waals surface area contributed by atoms with Gasteiger partial charge in [0.25, 0.3) is 0 Å². The van der Waals surface area contributed by atoms with Gasteiger partial charge in [-0.05, 0) is 17.7 Å². The van der Waals surface area contributed by atoms with Crippen LogP contribution < -0.4 is 4.90 Å². The summed E-state index contributed by atoms with van der Waals surface area (Å²) in [5, 5.41) is 4.37. The third-order valence-electron chi connectivity index (χ3n) is 3.98. The van der Waals surface area contributed by atoms with Gasteiger partial charge in [-0.25, -0.2) is 4.68 Å². The Balaban J connectivity index is 1.93. The monoisotopic (exact) mass is 332 g/mol. The third kappa shape index (κ3) is 3.83. The number of hydrogen-bond donors (Lipinski definition) is 0. The minimum Gasteiger partial charge on any atom is -0.304 e. The van der Waals surface area contributed by atoms with Crippen LogP contribution in [-0.4, -0.2) is 20.7 Å². The molecule has 2 aromatic heterocycles. The number of hydrogen-bond acceptors (Lipinski definition) is 3. The van der Waals surface area contributed by atoms with E-state index in [9.17, 15) is 4.79 Å². The smallest absolute Gasteiger partial charge is 0.234 e. The Morgan fingerprint density at radius 3 is 2.72 bits per heavy atom. The molecule has 3 rings (SSSR count). The number of nitrogens with zero attached hydrogens (tertiary/aromatic N) is 4. The van der Waals surface area contributed by atoms with Crippen LogP contribution in [0.1, 0.15) is 12.5 Å². The molecule has 0 aliphatic heterocycles. The van der Waals surface area contributed by atoms with Crippen LogP contribution in [0.2, 0.25) is 0 Å². The molecule has 1 amide bonds. The molecular formula is C20H20N4O. The number of anilines is 1. The van der Waals surface area contributed by atoms with Gasteiger partial charge in [-0.3, -0.25) is 9.78 Å². The highest BCUT2D eigenvalue weighted by Gasteiger charge is 2.21. The molecule has 0 fully saturated rings. The van der Waals surface area contributed by atoms with Crippen LogP contribution in [0.5, 0.6) is 0 Å². The molecule has 25 heavy (non-hydrogen) atoms. The van der Waals surface area contributed by atoms with Crippen molar-refractivity contribution in [2.24, 2.45) is 5.92 Å². The minimum absolute atomic E-state index is 0.00964. The highest BCUT2D eigenvalue weighted by Crippen LogP contribution is 2.21. The summed E-state index contributed by atoms with van der Waals surface area (Å²) in [4.78, 5) is 18.7. The van der Waals surface area contributed by atoms with E-state index < -0.39 is 0 Å². The van der Waals surface area contributed by atoms with Crippen molar-refractivity contribution in [2.75, 3.05) is 4.90 Å². The Labute approximate surface area is 147 Å². The van der Waals surface area contributed by atoms with E-state index >= 15 is 0 Å². The Morgan fingerprint density at radius 2 is 2.04 bits per heavy atom. The molecule has 0 saturated heterocycles. The van der Waals surface area contributed by atoms with Gasteiger partial charge in [-0.15, -0.1) is 6.58 Å². The fraction of sp³-hybridized carbons (Fsp3) is 0.150. The average molecular weight is 332 g/mol. The molecule has 0 radical (unpaired) electrons. The molecule has 0 bridgehead atoms. The second kappa shape index (κ2) is 7.57. The third-order valence-corrected chi connectivity index (χ3v) is 3.98. The van der Waals surface area contributed by atoms with E-state index in [2.05, 4.69) is 16.7 Å². The van der Waals surface area contributed by atoms with E-state index in [0.29, 0.717) is 6.54 Å². The van der Waals surface area contributed by atoms with Crippen LogP contribution in [0.3, 0.4) is 0 Å². The number of aromatic nitrogens is 3. The zero-order chi connectivity index (χ0) is 17.6. The lowest BCUT2D eigenvalue weighted by Gasteiger charge is -2.23. The quantitative estimate of drug-likeness (QED) is 0.648. The standard InChI is InChI=1S/C20H20N4O/c1-3-16(2)20(25)23(14-17-8-5-4-6-9-17)19-13-22-24(15-19)18-10-7-11-21-12-18/h3-13,15-16H,1,14H2,2H3. The Morgan fingerprint density at radius 1 is 1.24 bits per heavy atom. The summed E-state index contributed by atoms with van der Waals surface area (Å²) < 4.78 is 1.71. The molecule has 1 aromatic carbocycles. The van der Waals surface area contributed by atoms with Crippen LogP contribution >= 0.6 is 0 Å². The number of pyridine rings is 1. The molecule has 3 aromatic rings. The van der Waals surface area contributed by atoms with Crippen LogP contribution in [0.15, 0.2) is 79.9 Å². The fourth-order valence-corrected chi connectivity index (χ4v) is 2.49. The van der Waals surface area contributed by atoms with Gasteiger partial charge in [0.2, 0.25) is 5.91 Å². The van der Waals surface area contributed by atoms with E-state index in [1.807, 2.05) is 55.6 Å². The summed E-state index contributed by atoms with van der Waals surface area (Å²) in [5.74, 6) is -0.282. The maximum Gasteiger partial charge on any atom is 0.234 e. The number of carbonyl (C=O) groups excluding carboxylic acids is 1. The lowest BCUT2D eigenvalue weighted by molar-refractivity contribution is -0.120. The highest BCUT2D eigenvalue weighted by molar-refractivity contribution is 5.95. The van der Waals surface area contributed by atoms with Crippen molar-refractivity contribution in [1.29, 1.82) is 0 Å². The lowest BCUT2D eigenvalue weighted by Crippen LogP contribution is -2.33. The van der Waals surface area contributed by atoms with E-state index in [-0.39, 0.29) is 11.8 Å². The molecule has 0 aliphatic carbocycles. The molecule has 0 N–H and O–H groups in total. The lowest BCUT2D eigenvalue weighted by atomic mass is 10.1. The van der Waals surface area contributed by atoms with Gasteiger partial charge in [0.1, 0.15) is 0 Å². The molecule has 2 heterocycles. The van der Waals surface area contributed by atoms with Crippen LogP contribution in [0.25, 0.3) is 5.69 Å². The van der Waals surface area contributed by atoms with Gasteiger partial charge in [-0.1, -0.05) is 43.3 Å². The maximum absolute atomic E-state index is 12.8. The van der Waals surface area contributed by atoms with E-state index in [0.717, 1.165) is 16.9 Å². The van der Waals surface area contributed by atoms with Crippen molar-refractivity contribution in [3.8, 4) is 5.69 Å². The zero-order valence-electron chi connectivity index (χ0n) is 14.1. The molecule has 0 saturated carbocycles. The van der Waals surface area contributed by atoms with E-state index in [1.165, 1.54) is 0 Å². The topological polar surface area (TPSA) is 51.0 Å². The first-order chi connectivity index (χ1) is 12.2. The average Bonchev–Trinajstić information content (AvgIpc) is 3.16. The maximum atomic E-state index is 12.8. The summed E-state index contributed by atoms with van der Waals surface area (Å²) in [6.07, 6.45) is 8.64. The first-order valence-corrected chi connectivity index (χ1v) is 8.12. The van der Waals surface area contributed by atoms with Gasteiger partial charge in [0.05, 0.1) is 42.4 Å². The van der Waals surface area contributed by atoms with Gasteiger partial charge in [0.15, 0.2) is 0 Å². The van der Waals surface area contributed by atoms with Crippen molar-refractivity contribution < 1.29 is 4.79 Å². The number of carbonyl (C=O) groups is 1. The second-order valence-corrected chi connectivity index (χ2v) is 5.79. The van der Waals surface area contributed by atoms with E-state index in [4.69, 9.17) is 0 Å². The summed E-state index contributed by atoms with van der Waals surface area (Å²) in [6, 6.07) is 13.7. The Hall–Kier alpha value is -3.21. The molecule has 1 unspecified atom stereocenters. The first kappa shape index (κ1) is 16.6. The van der Waals surface area contributed by atoms with Gasteiger partial charge < -0.3 is 4.90 Å². The minimum atomic E-state index is -0.273. The second-order valence-electron chi connectivity index (χ2n) is 5.79. The van der Waals surface area contributed by atoms with Crippen LogP contribution in [0, 0.1) is 5.92 Å². The molecule has 0 spiro atoms. The normalized spacial score (nSPS) is 11.7. The van der Waals surface area contributed by atoms with Crippen molar-refractivity contribution in [3.05, 3.63) is 85.5 Å². The Bertz CT molecular complexity index is 842. The van der Waals surface area contributed by atoms with Crippen LogP contribution in [-0.2, 0) is 11.3 Å². The largest absolute Gasteiger partial charge is 0.304 e. The summed E-state index contributed by atoms with van der Waals surface area (Å²) >= 11 is 0. The predicted octanol–water partition coefficient (Wildman–Crippen LogP) is 3.62. The van der Waals surface area contributed by atoms with Gasteiger partial charge in [-0.2, -0.15) is 5.10 Å². The fourth-order valence-electron chi connectivity index (χ4n) is 2.49. The summed E-state index contributed by atoms with van der Waals surface area (Å²) in [7, 11) is 0. The molecule has 5 nitrogen and oxygen atoms in total. The molecule has 126 valence electrons. The van der Waals surface area contributed by atoms with Crippen molar-refractivity contribution >= 4 is 11.6 Å². The number of amides is 1. The van der Waals surface area contributed by atoms with Gasteiger partial charge in [0, 0.05) is 6.20 Å². The molecule has 5 heteroatoms. The Kier molecular flexibility index (Phi) is 5.04. The van der Waals surface area contributed by atoms with Crippen molar-refractivity contribution in [3.63, 3.8) is 0 Å². The van der Waals surface area contributed by atoms with E-state index in [1.54, 1.807) is 34.2 Å². The number of rotatable bonds is 6. The molecule has 1 atom stereocenters. The first-order valence-electron chi connectivity index (χ1n) is 8.12. The van der Waals surface area contributed by atoms with Crippen molar-refractivity contribution in [2.45, 2.75) is 13.5 Å². The zero-order valence-corrected chi connectivity index (χ0v) is 14.1. The highest BCUT2D eigenvalue weighted by atomic mass is 16.2. The van der Waals surface area contributed by atoms with Crippen LogP contribution in [0.4, 0.5) is 5.69 Å². The molecule has 0 aliphatic rings. The van der Waals surface area contributed by atoms with Gasteiger partial charge >= 0.3 is 0 Å². The SMILES string of the molecule is C=CC(C)C(=O)N(Cc1ccccc1)c1cnn(-c2cccnc2)c1. The predicted molar refractivity (Wildman–Crippen MR) is 98.4 cm³/mol. The summed E-state index contributed by atoms with van der Waals surface area (Å²) in [6.45, 7) is 6.07. The summed E-state index contributed by atoms with van der Waals surface area (Å²) in [5.41, 5.74) is 2.64. The molecular weight excluding hydrogens is 312 g/mol.